The van der Waals surface area contributed by atoms with Gasteiger partial charge in [-0.2, -0.15) is 0 Å². The number of nitrogens with two attached hydrogens (primary N) is 1. The third-order valence-corrected chi connectivity index (χ3v) is 4.34. The molecule has 0 radical (unpaired) electrons. The van der Waals surface area contributed by atoms with E-state index in [2.05, 4.69) is 32.4 Å². The van der Waals surface area contributed by atoms with Gasteiger partial charge in [0.1, 0.15) is 0 Å². The maximum absolute atomic E-state index is 11.5. The fourth-order valence-corrected chi connectivity index (χ4v) is 2.13. The molecule has 4 nitrogen and oxygen atoms in total. The molecule has 15 heavy (non-hydrogen) atoms. The van der Waals surface area contributed by atoms with E-state index >= 15 is 0 Å². The van der Waals surface area contributed by atoms with Gasteiger partial charge in [0.2, 0.25) is 10.0 Å². The monoisotopic (exact) mass is 236 g/mol. The summed E-state index contributed by atoms with van der Waals surface area (Å²) in [6.07, 6.45) is 0.511. The summed E-state index contributed by atoms with van der Waals surface area (Å²) < 4.78 is 25.6. The van der Waals surface area contributed by atoms with Crippen LogP contribution in [0.2, 0.25) is 0 Å². The van der Waals surface area contributed by atoms with Crippen LogP contribution in [0.5, 0.6) is 0 Å². The summed E-state index contributed by atoms with van der Waals surface area (Å²) in [4.78, 5) is 0. The Morgan fingerprint density at radius 3 is 2.27 bits per heavy atom. The van der Waals surface area contributed by atoms with E-state index in [9.17, 15) is 8.42 Å². The first kappa shape index (κ1) is 14.9. The maximum atomic E-state index is 11.5. The molecule has 92 valence electrons. The molecule has 0 aromatic rings. The summed E-state index contributed by atoms with van der Waals surface area (Å²) in [5.41, 5.74) is 5.26. The second kappa shape index (κ2) is 5.82. The summed E-state index contributed by atoms with van der Waals surface area (Å²) in [5.74, 6) is 0.562. The molecule has 0 aliphatic heterocycles. The Morgan fingerprint density at radius 2 is 1.87 bits per heavy atom. The number of rotatable bonds is 7. The van der Waals surface area contributed by atoms with Crippen LogP contribution in [-0.4, -0.2) is 27.3 Å². The highest BCUT2D eigenvalue weighted by molar-refractivity contribution is 7.89. The van der Waals surface area contributed by atoms with Crippen LogP contribution in [0, 0.1) is 11.3 Å². The Morgan fingerprint density at radius 1 is 1.33 bits per heavy atom. The van der Waals surface area contributed by atoms with Crippen LogP contribution < -0.4 is 10.5 Å². The highest BCUT2D eigenvalue weighted by atomic mass is 32.2. The van der Waals surface area contributed by atoms with Gasteiger partial charge in [-0.25, -0.2) is 13.1 Å². The van der Waals surface area contributed by atoms with Crippen molar-refractivity contribution < 1.29 is 8.42 Å². The molecule has 0 heterocycles. The lowest BCUT2D eigenvalue weighted by Crippen LogP contribution is -2.38. The van der Waals surface area contributed by atoms with Gasteiger partial charge < -0.3 is 5.73 Å². The minimum atomic E-state index is -3.14. The second-order valence-corrected chi connectivity index (χ2v) is 6.85. The van der Waals surface area contributed by atoms with Gasteiger partial charge in [-0.15, -0.1) is 0 Å². The first-order valence-electron chi connectivity index (χ1n) is 5.38. The van der Waals surface area contributed by atoms with Crippen LogP contribution in [-0.2, 0) is 10.0 Å². The second-order valence-electron chi connectivity index (χ2n) is 4.93. The van der Waals surface area contributed by atoms with Gasteiger partial charge in [0.05, 0.1) is 5.75 Å². The Labute approximate surface area is 93.7 Å². The first-order valence-corrected chi connectivity index (χ1v) is 7.04. The molecule has 0 aliphatic carbocycles. The molecule has 0 rings (SSSR count). The van der Waals surface area contributed by atoms with Crippen LogP contribution in [0.1, 0.15) is 34.1 Å². The van der Waals surface area contributed by atoms with E-state index in [-0.39, 0.29) is 11.2 Å². The summed E-state index contributed by atoms with van der Waals surface area (Å²) in [7, 11) is -3.14. The van der Waals surface area contributed by atoms with Crippen molar-refractivity contribution in [2.24, 2.45) is 17.1 Å². The van der Waals surface area contributed by atoms with Crippen molar-refractivity contribution in [3.05, 3.63) is 0 Å². The van der Waals surface area contributed by atoms with Crippen molar-refractivity contribution in [2.75, 3.05) is 18.8 Å². The number of hydrogen-bond donors (Lipinski definition) is 2. The highest BCUT2D eigenvalue weighted by Gasteiger charge is 2.24. The van der Waals surface area contributed by atoms with Crippen molar-refractivity contribution in [2.45, 2.75) is 34.1 Å². The molecule has 0 amide bonds. The molecule has 0 bridgehead atoms. The van der Waals surface area contributed by atoms with E-state index in [4.69, 9.17) is 5.73 Å². The lowest BCUT2D eigenvalue weighted by atomic mass is 9.81. The van der Waals surface area contributed by atoms with Crippen LogP contribution in [0.25, 0.3) is 0 Å². The Balaban J connectivity index is 4.15. The zero-order valence-electron chi connectivity index (χ0n) is 10.2. The van der Waals surface area contributed by atoms with Crippen molar-refractivity contribution in [1.29, 1.82) is 0 Å². The van der Waals surface area contributed by atoms with Gasteiger partial charge in [0, 0.05) is 6.54 Å². The van der Waals surface area contributed by atoms with Crippen LogP contribution in [0.4, 0.5) is 0 Å². The fourth-order valence-electron chi connectivity index (χ4n) is 0.846. The largest absolute Gasteiger partial charge is 0.330 e. The topological polar surface area (TPSA) is 72.2 Å². The quantitative estimate of drug-likeness (QED) is 0.691. The van der Waals surface area contributed by atoms with Crippen LogP contribution in [0.15, 0.2) is 0 Å². The fraction of sp³-hybridized carbons (Fsp3) is 1.00. The third kappa shape index (κ3) is 6.12. The van der Waals surface area contributed by atoms with Gasteiger partial charge in [0.15, 0.2) is 0 Å². The van der Waals surface area contributed by atoms with Gasteiger partial charge in [-0.05, 0) is 24.3 Å². The predicted octanol–water partition coefficient (Wildman–Crippen LogP) is 0.937. The molecule has 0 unspecified atom stereocenters. The molecule has 0 saturated heterocycles. The lowest BCUT2D eigenvalue weighted by molar-refractivity contribution is 0.252. The molecular weight excluding hydrogens is 212 g/mol. The lowest BCUT2D eigenvalue weighted by Gasteiger charge is -2.29. The standard InChI is InChI=1S/C10H24N2O2S/c1-9(2)10(3,4)8-12-15(13,14)7-5-6-11/h9,12H,5-8,11H2,1-4H3. The normalized spacial score (nSPS) is 13.5. The highest BCUT2D eigenvalue weighted by Crippen LogP contribution is 2.24. The molecule has 0 spiro atoms. The Kier molecular flexibility index (Phi) is 5.77. The third-order valence-electron chi connectivity index (χ3n) is 2.93. The summed E-state index contributed by atoms with van der Waals surface area (Å²) in [6, 6.07) is 0. The molecule has 0 aliphatic rings. The van der Waals surface area contributed by atoms with Crippen molar-refractivity contribution in [3.8, 4) is 0 Å². The molecule has 0 fully saturated rings. The predicted molar refractivity (Wildman–Crippen MR) is 64.1 cm³/mol. The van der Waals surface area contributed by atoms with E-state index in [0.29, 0.717) is 25.4 Å². The SMILES string of the molecule is CC(C)C(C)(C)CNS(=O)(=O)CCCN. The van der Waals surface area contributed by atoms with Gasteiger partial charge in [-0.1, -0.05) is 27.7 Å². The summed E-state index contributed by atoms with van der Waals surface area (Å²) >= 11 is 0. The molecular formula is C10H24N2O2S. The smallest absolute Gasteiger partial charge is 0.211 e. The number of hydrogen-bond acceptors (Lipinski definition) is 3. The molecule has 0 aromatic heterocycles. The summed E-state index contributed by atoms with van der Waals surface area (Å²) in [5, 5.41) is 0. The Bertz CT molecular complexity index is 271. The van der Waals surface area contributed by atoms with E-state index in [1.807, 2.05) is 0 Å². The molecule has 3 N–H and O–H groups in total. The van der Waals surface area contributed by atoms with Crippen molar-refractivity contribution in [1.82, 2.24) is 4.72 Å². The van der Waals surface area contributed by atoms with E-state index in [1.54, 1.807) is 0 Å². The maximum Gasteiger partial charge on any atom is 0.211 e. The number of nitrogens with one attached hydrogen (secondary N) is 1. The number of sulfonamides is 1. The molecule has 0 saturated carbocycles. The van der Waals surface area contributed by atoms with Crippen molar-refractivity contribution in [3.63, 3.8) is 0 Å². The van der Waals surface area contributed by atoms with Crippen molar-refractivity contribution >= 4 is 10.0 Å². The van der Waals surface area contributed by atoms with Gasteiger partial charge in [0.25, 0.3) is 0 Å². The van der Waals surface area contributed by atoms with Gasteiger partial charge in [-0.3, -0.25) is 0 Å². The van der Waals surface area contributed by atoms with Crippen LogP contribution in [0.3, 0.4) is 0 Å². The van der Waals surface area contributed by atoms with E-state index < -0.39 is 10.0 Å². The molecule has 5 heteroatoms. The zero-order chi connectivity index (χ0) is 12.1. The zero-order valence-corrected chi connectivity index (χ0v) is 11.0. The molecule has 0 aromatic carbocycles. The van der Waals surface area contributed by atoms with E-state index in [1.165, 1.54) is 0 Å². The average molecular weight is 236 g/mol. The molecule has 0 atom stereocenters. The summed E-state index contributed by atoms with van der Waals surface area (Å²) in [6.45, 7) is 9.20. The average Bonchev–Trinajstić information content (AvgIpc) is 2.12. The van der Waals surface area contributed by atoms with E-state index in [0.717, 1.165) is 0 Å². The van der Waals surface area contributed by atoms with Gasteiger partial charge >= 0.3 is 0 Å². The minimum Gasteiger partial charge on any atom is -0.330 e. The first-order chi connectivity index (χ1) is 6.71. The minimum absolute atomic E-state index is 0.0181. The Hall–Kier alpha value is -0.130. The van der Waals surface area contributed by atoms with Crippen LogP contribution >= 0.6 is 0 Å².